The topological polar surface area (TPSA) is 0 Å². The van der Waals surface area contributed by atoms with Gasteiger partial charge in [0.1, 0.15) is 0 Å². The highest BCUT2D eigenvalue weighted by atomic mass is 32.1. The monoisotopic (exact) mass is 200 g/mol. The van der Waals surface area contributed by atoms with Gasteiger partial charge in [0.25, 0.3) is 0 Å². The summed E-state index contributed by atoms with van der Waals surface area (Å²) in [6, 6.07) is 4.24. The van der Waals surface area contributed by atoms with Crippen LogP contribution < -0.4 is 0 Å². The van der Waals surface area contributed by atoms with Gasteiger partial charge >= 0.3 is 0 Å². The van der Waals surface area contributed by atoms with Crippen LogP contribution in [0.5, 0.6) is 0 Å². The summed E-state index contributed by atoms with van der Waals surface area (Å²) in [6.07, 6.45) is 12.7. The van der Waals surface area contributed by atoms with Crippen molar-refractivity contribution < 1.29 is 0 Å². The van der Waals surface area contributed by atoms with Gasteiger partial charge in [-0.15, -0.1) is 11.3 Å². The van der Waals surface area contributed by atoms with Gasteiger partial charge < -0.3 is 0 Å². The molecule has 1 aliphatic rings. The lowest BCUT2D eigenvalue weighted by Crippen LogP contribution is -1.78. The minimum Gasteiger partial charge on any atom is -0.144 e. The minimum absolute atomic E-state index is 1.29. The number of rotatable bonds is 1. The molecule has 0 nitrogen and oxygen atoms in total. The second-order valence-electron chi connectivity index (χ2n) is 3.23. The van der Waals surface area contributed by atoms with E-state index in [1.807, 2.05) is 0 Å². The smallest absolute Gasteiger partial charge is 0.0342 e. The van der Waals surface area contributed by atoms with Crippen molar-refractivity contribution in [2.75, 3.05) is 0 Å². The van der Waals surface area contributed by atoms with Crippen LogP contribution in [0.1, 0.15) is 11.8 Å². The summed E-state index contributed by atoms with van der Waals surface area (Å²) in [5.74, 6) is 0. The molecule has 1 heteroatoms. The summed E-state index contributed by atoms with van der Waals surface area (Å²) in [4.78, 5) is 1.32. The molecular formula is C13H12S. The van der Waals surface area contributed by atoms with Crippen molar-refractivity contribution in [3.8, 4) is 0 Å². The minimum atomic E-state index is 1.29. The normalized spacial score (nSPS) is 21.8. The zero-order valence-electron chi connectivity index (χ0n) is 8.10. The van der Waals surface area contributed by atoms with E-state index in [2.05, 4.69) is 60.9 Å². The number of allylic oxidation sites excluding steroid dienone is 8. The van der Waals surface area contributed by atoms with Crippen molar-refractivity contribution in [3.63, 3.8) is 0 Å². The van der Waals surface area contributed by atoms with Gasteiger partial charge in [0.05, 0.1) is 0 Å². The Morgan fingerprint density at radius 2 is 2.07 bits per heavy atom. The fourth-order valence-electron chi connectivity index (χ4n) is 1.37. The maximum Gasteiger partial charge on any atom is 0.0342 e. The van der Waals surface area contributed by atoms with Crippen LogP contribution in [0.25, 0.3) is 5.57 Å². The molecule has 2 rings (SSSR count). The van der Waals surface area contributed by atoms with Gasteiger partial charge in [0.15, 0.2) is 0 Å². The summed E-state index contributed by atoms with van der Waals surface area (Å²) in [7, 11) is 0. The summed E-state index contributed by atoms with van der Waals surface area (Å²) < 4.78 is 0. The van der Waals surface area contributed by atoms with E-state index in [0.29, 0.717) is 0 Å². The second-order valence-corrected chi connectivity index (χ2v) is 4.18. The van der Waals surface area contributed by atoms with E-state index in [1.54, 1.807) is 11.3 Å². The Morgan fingerprint density at radius 1 is 1.14 bits per heavy atom. The van der Waals surface area contributed by atoms with Gasteiger partial charge in [0, 0.05) is 4.88 Å². The standard InChI is InChI=1S/C13H12S/c1-11-6-3-2-4-7-12(10-11)13-8-5-9-14-13/h2-10H,1H3/b3-2?,4-2+,6-3?,7-4?,11-6?,11-10?,12-7+,12-10?. The van der Waals surface area contributed by atoms with Crippen molar-refractivity contribution in [2.24, 2.45) is 0 Å². The average molecular weight is 200 g/mol. The van der Waals surface area contributed by atoms with Gasteiger partial charge in [-0.1, -0.05) is 48.1 Å². The Morgan fingerprint density at radius 3 is 2.86 bits per heavy atom. The third-order valence-electron chi connectivity index (χ3n) is 2.05. The van der Waals surface area contributed by atoms with E-state index >= 15 is 0 Å². The third-order valence-corrected chi connectivity index (χ3v) is 2.96. The predicted octanol–water partition coefficient (Wildman–Crippen LogP) is 4.20. The zero-order chi connectivity index (χ0) is 9.80. The first kappa shape index (κ1) is 9.22. The zero-order valence-corrected chi connectivity index (χ0v) is 8.92. The Balaban J connectivity index is 2.39. The lowest BCUT2D eigenvalue weighted by atomic mass is 10.1. The SMILES string of the molecule is CC1=C/C(c2cccs2)=C\C=C\C=C1. The average Bonchev–Trinajstić information content (AvgIpc) is 2.63. The van der Waals surface area contributed by atoms with E-state index in [1.165, 1.54) is 16.0 Å². The van der Waals surface area contributed by atoms with Gasteiger partial charge in [-0.3, -0.25) is 0 Å². The Kier molecular flexibility index (Phi) is 2.80. The highest BCUT2D eigenvalue weighted by Gasteiger charge is 1.99. The quantitative estimate of drug-likeness (QED) is 0.637. The first-order valence-corrected chi connectivity index (χ1v) is 5.51. The lowest BCUT2D eigenvalue weighted by molar-refractivity contribution is 1.52. The molecular weight excluding hydrogens is 188 g/mol. The van der Waals surface area contributed by atoms with Crippen LogP contribution in [0.2, 0.25) is 0 Å². The first-order valence-electron chi connectivity index (χ1n) is 4.63. The van der Waals surface area contributed by atoms with Crippen LogP contribution in [0.4, 0.5) is 0 Å². The Bertz CT molecular complexity index is 414. The van der Waals surface area contributed by atoms with E-state index < -0.39 is 0 Å². The molecule has 1 heterocycles. The fourth-order valence-corrected chi connectivity index (χ4v) is 2.09. The number of hydrogen-bond acceptors (Lipinski definition) is 1. The third kappa shape index (κ3) is 2.12. The molecule has 0 N–H and O–H groups in total. The molecule has 0 fully saturated rings. The Labute approximate surface area is 88.6 Å². The fraction of sp³-hybridized carbons (Fsp3) is 0.0769. The van der Waals surface area contributed by atoms with Crippen molar-refractivity contribution in [2.45, 2.75) is 6.92 Å². The highest BCUT2D eigenvalue weighted by Crippen LogP contribution is 2.23. The van der Waals surface area contributed by atoms with Gasteiger partial charge in [-0.2, -0.15) is 0 Å². The molecule has 1 aromatic rings. The maximum absolute atomic E-state index is 2.21. The molecule has 0 bridgehead atoms. The summed E-state index contributed by atoms with van der Waals surface area (Å²) in [5, 5.41) is 2.11. The number of hydrogen-bond donors (Lipinski definition) is 0. The van der Waals surface area contributed by atoms with E-state index in [-0.39, 0.29) is 0 Å². The van der Waals surface area contributed by atoms with E-state index in [4.69, 9.17) is 0 Å². The van der Waals surface area contributed by atoms with Gasteiger partial charge in [-0.05, 0) is 23.9 Å². The van der Waals surface area contributed by atoms with E-state index in [0.717, 1.165) is 0 Å². The first-order chi connectivity index (χ1) is 6.86. The summed E-state index contributed by atoms with van der Waals surface area (Å²) in [5.41, 5.74) is 2.58. The predicted molar refractivity (Wildman–Crippen MR) is 64.3 cm³/mol. The van der Waals surface area contributed by atoms with Crippen LogP contribution >= 0.6 is 11.3 Å². The summed E-state index contributed by atoms with van der Waals surface area (Å²) in [6.45, 7) is 2.12. The molecule has 0 radical (unpaired) electrons. The molecule has 0 atom stereocenters. The maximum atomic E-state index is 2.21. The van der Waals surface area contributed by atoms with Crippen LogP contribution in [-0.2, 0) is 0 Å². The lowest BCUT2D eigenvalue weighted by Gasteiger charge is -2.00. The molecule has 0 spiro atoms. The molecule has 0 unspecified atom stereocenters. The van der Waals surface area contributed by atoms with Crippen molar-refractivity contribution in [1.82, 2.24) is 0 Å². The molecule has 14 heavy (non-hydrogen) atoms. The number of thiophene rings is 1. The molecule has 0 saturated carbocycles. The molecule has 0 aromatic carbocycles. The molecule has 70 valence electrons. The van der Waals surface area contributed by atoms with Gasteiger partial charge in [0.2, 0.25) is 0 Å². The van der Waals surface area contributed by atoms with Crippen molar-refractivity contribution in [3.05, 3.63) is 64.4 Å². The largest absolute Gasteiger partial charge is 0.144 e. The summed E-state index contributed by atoms with van der Waals surface area (Å²) >= 11 is 1.78. The highest BCUT2D eigenvalue weighted by molar-refractivity contribution is 7.11. The molecule has 0 saturated heterocycles. The Hall–Kier alpha value is -1.34. The molecule has 0 aliphatic heterocycles. The van der Waals surface area contributed by atoms with E-state index in [9.17, 15) is 0 Å². The molecule has 1 aromatic heterocycles. The van der Waals surface area contributed by atoms with Crippen LogP contribution in [0, 0.1) is 0 Å². The molecule has 1 aliphatic carbocycles. The van der Waals surface area contributed by atoms with Crippen molar-refractivity contribution >= 4 is 16.9 Å². The van der Waals surface area contributed by atoms with Crippen LogP contribution in [0.15, 0.2) is 59.5 Å². The molecule has 0 amide bonds. The van der Waals surface area contributed by atoms with Crippen LogP contribution in [-0.4, -0.2) is 0 Å². The van der Waals surface area contributed by atoms with Gasteiger partial charge in [-0.25, -0.2) is 0 Å². The van der Waals surface area contributed by atoms with Crippen molar-refractivity contribution in [1.29, 1.82) is 0 Å². The second kappa shape index (κ2) is 4.25. The van der Waals surface area contributed by atoms with Crippen LogP contribution in [0.3, 0.4) is 0 Å².